The molecule has 0 spiro atoms. The highest BCUT2D eigenvalue weighted by Crippen LogP contribution is 2.28. The maximum absolute atomic E-state index is 11.9. The minimum atomic E-state index is -0.489. The van der Waals surface area contributed by atoms with Crippen LogP contribution < -0.4 is 11.5 Å². The Morgan fingerprint density at radius 3 is 2.23 bits per heavy atom. The second kappa shape index (κ2) is 6.26. The summed E-state index contributed by atoms with van der Waals surface area (Å²) < 4.78 is 0. The quantitative estimate of drug-likeness (QED) is 0.802. The minimum absolute atomic E-state index is 0.424. The van der Waals surface area contributed by atoms with Gasteiger partial charge in [-0.2, -0.15) is 0 Å². The summed E-state index contributed by atoms with van der Waals surface area (Å²) in [6.07, 6.45) is 4.46. The maximum atomic E-state index is 11.9. The summed E-state index contributed by atoms with van der Waals surface area (Å²) in [6, 6.07) is 7.02. The van der Waals surface area contributed by atoms with Crippen molar-refractivity contribution in [3.05, 3.63) is 71.8 Å². The molecule has 0 atom stereocenters. The number of nitrogens with two attached hydrogens (primary N) is 2. The Morgan fingerprint density at radius 1 is 1.00 bits per heavy atom. The van der Waals surface area contributed by atoms with Crippen LogP contribution in [0.4, 0.5) is 0 Å². The van der Waals surface area contributed by atoms with Gasteiger partial charge < -0.3 is 11.5 Å². The highest BCUT2D eigenvalue weighted by Gasteiger charge is 2.17. The number of fused-ring (bicyclic) bond motifs is 1. The fourth-order valence-electron chi connectivity index (χ4n) is 2.68. The predicted octanol–water partition coefficient (Wildman–Crippen LogP) is 2.49. The molecule has 4 heteroatoms. The van der Waals surface area contributed by atoms with Crippen LogP contribution in [0.3, 0.4) is 0 Å². The first-order chi connectivity index (χ1) is 10.5. The third-order valence-corrected chi connectivity index (χ3v) is 3.57. The summed E-state index contributed by atoms with van der Waals surface area (Å²) in [5.41, 5.74) is 13.4. The summed E-state index contributed by atoms with van der Waals surface area (Å²) >= 11 is 0. The molecule has 0 aliphatic heterocycles. The Morgan fingerprint density at radius 2 is 1.68 bits per heavy atom. The van der Waals surface area contributed by atoms with Crippen molar-refractivity contribution in [1.29, 1.82) is 0 Å². The molecule has 4 nitrogen and oxygen atoms in total. The van der Waals surface area contributed by atoms with Gasteiger partial charge in [0.05, 0.1) is 0 Å². The molecular weight excluding hydrogens is 276 g/mol. The van der Waals surface area contributed by atoms with Crippen molar-refractivity contribution >= 4 is 22.6 Å². The first-order valence-corrected chi connectivity index (χ1v) is 6.89. The molecule has 0 saturated carbocycles. The Hall–Kier alpha value is -2.88. The third kappa shape index (κ3) is 2.76. The van der Waals surface area contributed by atoms with E-state index in [0.29, 0.717) is 24.0 Å². The topological polar surface area (TPSA) is 86.2 Å². The van der Waals surface area contributed by atoms with Crippen LogP contribution in [0.1, 0.15) is 31.8 Å². The molecule has 112 valence electrons. The number of primary amides is 2. The van der Waals surface area contributed by atoms with Crippen LogP contribution in [0.15, 0.2) is 49.6 Å². The van der Waals surface area contributed by atoms with E-state index < -0.39 is 11.8 Å². The number of allylic oxidation sites excluding steroid dienone is 2. The van der Waals surface area contributed by atoms with Crippen LogP contribution >= 0.6 is 0 Å². The molecule has 0 heterocycles. The SMILES string of the molecule is C=CCc1cc2cc(C(N)=O)ccc2c(CC=C)c1C(N)=O. The number of carbonyl (C=O) groups excluding carboxylic acids is 2. The zero-order valence-corrected chi connectivity index (χ0v) is 12.3. The van der Waals surface area contributed by atoms with Crippen molar-refractivity contribution in [2.45, 2.75) is 12.8 Å². The molecule has 4 N–H and O–H groups in total. The molecule has 2 amide bonds. The monoisotopic (exact) mass is 294 g/mol. The van der Waals surface area contributed by atoms with E-state index in [-0.39, 0.29) is 0 Å². The second-order valence-electron chi connectivity index (χ2n) is 5.04. The molecule has 2 aromatic carbocycles. The van der Waals surface area contributed by atoms with Crippen molar-refractivity contribution in [3.8, 4) is 0 Å². The normalized spacial score (nSPS) is 10.4. The van der Waals surface area contributed by atoms with Crippen molar-refractivity contribution in [2.24, 2.45) is 11.5 Å². The molecular formula is C18H18N2O2. The van der Waals surface area contributed by atoms with Crippen LogP contribution in [0.25, 0.3) is 10.8 Å². The van der Waals surface area contributed by atoms with Crippen molar-refractivity contribution in [1.82, 2.24) is 0 Å². The molecule has 0 aliphatic carbocycles. The van der Waals surface area contributed by atoms with E-state index in [0.717, 1.165) is 21.9 Å². The van der Waals surface area contributed by atoms with Crippen molar-refractivity contribution in [2.75, 3.05) is 0 Å². The van der Waals surface area contributed by atoms with Crippen molar-refractivity contribution < 1.29 is 9.59 Å². The lowest BCUT2D eigenvalue weighted by atomic mass is 9.89. The lowest BCUT2D eigenvalue weighted by molar-refractivity contribution is 0.0991. The van der Waals surface area contributed by atoms with Gasteiger partial charge in [0, 0.05) is 11.1 Å². The summed E-state index contributed by atoms with van der Waals surface area (Å²) in [5, 5.41) is 1.71. The third-order valence-electron chi connectivity index (χ3n) is 3.57. The van der Waals surface area contributed by atoms with Gasteiger partial charge in [-0.25, -0.2) is 0 Å². The van der Waals surface area contributed by atoms with Crippen LogP contribution in [-0.2, 0) is 12.8 Å². The average Bonchev–Trinajstić information content (AvgIpc) is 2.46. The first-order valence-electron chi connectivity index (χ1n) is 6.89. The molecule has 22 heavy (non-hydrogen) atoms. The smallest absolute Gasteiger partial charge is 0.249 e. The lowest BCUT2D eigenvalue weighted by Gasteiger charge is -2.15. The molecule has 0 bridgehead atoms. The van der Waals surface area contributed by atoms with E-state index in [4.69, 9.17) is 11.5 Å². The van der Waals surface area contributed by atoms with Gasteiger partial charge in [-0.15, -0.1) is 13.2 Å². The Kier molecular flexibility index (Phi) is 4.41. The number of rotatable bonds is 6. The summed E-state index contributed by atoms with van der Waals surface area (Å²) in [6.45, 7) is 7.45. The van der Waals surface area contributed by atoms with Gasteiger partial charge >= 0.3 is 0 Å². The van der Waals surface area contributed by atoms with Crippen LogP contribution in [0.2, 0.25) is 0 Å². The van der Waals surface area contributed by atoms with E-state index >= 15 is 0 Å². The second-order valence-corrected chi connectivity index (χ2v) is 5.04. The van der Waals surface area contributed by atoms with Gasteiger partial charge in [0.15, 0.2) is 0 Å². The Balaban J connectivity index is 2.87. The molecule has 0 saturated heterocycles. The van der Waals surface area contributed by atoms with Crippen LogP contribution in [0.5, 0.6) is 0 Å². The van der Waals surface area contributed by atoms with Crippen LogP contribution in [0, 0.1) is 0 Å². The molecule has 0 unspecified atom stereocenters. The van der Waals surface area contributed by atoms with Gasteiger partial charge in [-0.1, -0.05) is 24.3 Å². The van der Waals surface area contributed by atoms with Crippen LogP contribution in [-0.4, -0.2) is 11.8 Å². The molecule has 0 radical (unpaired) electrons. The largest absolute Gasteiger partial charge is 0.366 e. The van der Waals surface area contributed by atoms with E-state index in [1.54, 1.807) is 30.4 Å². The number of hydrogen-bond donors (Lipinski definition) is 2. The number of benzene rings is 2. The fourth-order valence-corrected chi connectivity index (χ4v) is 2.68. The van der Waals surface area contributed by atoms with Gasteiger partial charge in [0.1, 0.15) is 0 Å². The minimum Gasteiger partial charge on any atom is -0.366 e. The molecule has 0 fully saturated rings. The average molecular weight is 294 g/mol. The van der Waals surface area contributed by atoms with E-state index in [1.165, 1.54) is 0 Å². The predicted molar refractivity (Wildman–Crippen MR) is 88.8 cm³/mol. The fraction of sp³-hybridized carbons (Fsp3) is 0.111. The number of hydrogen-bond acceptors (Lipinski definition) is 2. The number of amides is 2. The zero-order chi connectivity index (χ0) is 16.3. The standard InChI is InChI=1S/C18H18N2O2/c1-3-5-11-9-13-10-12(17(19)21)7-8-14(13)15(6-4-2)16(11)18(20)22/h3-4,7-10H,1-2,5-6H2,(H2,19,21)(H2,20,22). The van der Waals surface area contributed by atoms with E-state index in [9.17, 15) is 9.59 Å². The maximum Gasteiger partial charge on any atom is 0.249 e. The number of carbonyl (C=O) groups is 2. The van der Waals surface area contributed by atoms with Gasteiger partial charge in [0.2, 0.25) is 11.8 Å². The Labute approximate surface area is 129 Å². The molecule has 0 aliphatic rings. The summed E-state index contributed by atoms with van der Waals surface area (Å²) in [4.78, 5) is 23.2. The highest BCUT2D eigenvalue weighted by molar-refractivity contribution is 6.04. The van der Waals surface area contributed by atoms with Gasteiger partial charge in [-0.05, 0) is 46.9 Å². The molecule has 2 rings (SSSR count). The van der Waals surface area contributed by atoms with E-state index in [1.807, 2.05) is 6.07 Å². The van der Waals surface area contributed by atoms with E-state index in [2.05, 4.69) is 13.2 Å². The molecule has 0 aromatic heterocycles. The van der Waals surface area contributed by atoms with Gasteiger partial charge in [0.25, 0.3) is 0 Å². The zero-order valence-electron chi connectivity index (χ0n) is 12.3. The van der Waals surface area contributed by atoms with Gasteiger partial charge in [-0.3, -0.25) is 9.59 Å². The summed E-state index contributed by atoms with van der Waals surface area (Å²) in [5.74, 6) is -0.967. The Bertz CT molecular complexity index is 791. The summed E-state index contributed by atoms with van der Waals surface area (Å²) in [7, 11) is 0. The first kappa shape index (κ1) is 15.5. The molecule has 2 aromatic rings. The highest BCUT2D eigenvalue weighted by atomic mass is 16.1. The lowest BCUT2D eigenvalue weighted by Crippen LogP contribution is -2.17. The van der Waals surface area contributed by atoms with Crippen molar-refractivity contribution in [3.63, 3.8) is 0 Å².